The Morgan fingerprint density at radius 1 is 1.26 bits per heavy atom. The number of benzene rings is 1. The number of anilines is 2. The van der Waals surface area contributed by atoms with Gasteiger partial charge in [-0.1, -0.05) is 11.6 Å². The number of carbonyl (C=O) groups excluding carboxylic acids is 3. The van der Waals surface area contributed by atoms with E-state index in [1.54, 1.807) is 19.1 Å². The second-order valence-electron chi connectivity index (χ2n) is 8.02. The molecule has 2 saturated heterocycles. The van der Waals surface area contributed by atoms with E-state index in [0.29, 0.717) is 40.0 Å². The van der Waals surface area contributed by atoms with Crippen LogP contribution in [-0.4, -0.2) is 73.5 Å². The number of aryl methyl sites for hydroxylation is 1. The molecule has 0 spiro atoms. The number of rotatable bonds is 7. The first-order chi connectivity index (χ1) is 16.3. The maximum absolute atomic E-state index is 15.1. The van der Waals surface area contributed by atoms with Crippen LogP contribution in [0.1, 0.15) is 21.7 Å². The van der Waals surface area contributed by atoms with Gasteiger partial charge >= 0.3 is 12.1 Å². The Labute approximate surface area is 204 Å². The van der Waals surface area contributed by atoms with E-state index in [1.807, 2.05) is 0 Å². The molecule has 2 aliphatic heterocycles. The molecule has 9 nitrogen and oxygen atoms in total. The summed E-state index contributed by atoms with van der Waals surface area (Å²) in [5, 5.41) is 11.9. The van der Waals surface area contributed by atoms with Crippen molar-refractivity contribution in [1.82, 2.24) is 10.2 Å². The smallest absolute Gasteiger partial charge is 0.414 e. The Bertz CT molecular complexity index is 1110. The molecule has 2 fully saturated rings. The van der Waals surface area contributed by atoms with Crippen LogP contribution in [0, 0.1) is 12.7 Å². The van der Waals surface area contributed by atoms with Crippen molar-refractivity contribution < 1.29 is 28.6 Å². The number of aliphatic hydroxyl groups is 1. The maximum atomic E-state index is 15.1. The fourth-order valence-corrected chi connectivity index (χ4v) is 5.00. The minimum Gasteiger partial charge on any atom is -0.442 e. The van der Waals surface area contributed by atoms with Crippen molar-refractivity contribution in [2.75, 3.05) is 49.1 Å². The quantitative estimate of drug-likeness (QED) is 0.595. The Morgan fingerprint density at radius 2 is 2.06 bits per heavy atom. The molecule has 4 rings (SSSR count). The first-order valence-corrected chi connectivity index (χ1v) is 12.0. The summed E-state index contributed by atoms with van der Waals surface area (Å²) in [5.74, 6) is -0.998. The second-order valence-corrected chi connectivity index (χ2v) is 9.73. The molecular weight excluding hydrogens is 487 g/mol. The molecule has 2 N–H and O–H groups in total. The zero-order valence-electron chi connectivity index (χ0n) is 18.4. The van der Waals surface area contributed by atoms with E-state index in [9.17, 15) is 19.5 Å². The van der Waals surface area contributed by atoms with Crippen LogP contribution in [0.5, 0.6) is 0 Å². The van der Waals surface area contributed by atoms with Crippen molar-refractivity contribution in [3.8, 4) is 0 Å². The van der Waals surface area contributed by atoms with Crippen LogP contribution in [0.3, 0.4) is 0 Å². The number of ether oxygens (including phenoxy) is 1. The number of carbonyl (C=O) groups is 3. The zero-order chi connectivity index (χ0) is 24.4. The summed E-state index contributed by atoms with van der Waals surface area (Å²) < 4.78 is 20.9. The van der Waals surface area contributed by atoms with Crippen LogP contribution in [-0.2, 0) is 4.74 Å². The lowest BCUT2D eigenvalue weighted by Crippen LogP contribution is -2.50. The largest absolute Gasteiger partial charge is 0.442 e. The van der Waals surface area contributed by atoms with Gasteiger partial charge in [-0.3, -0.25) is 14.6 Å². The number of amides is 4. The van der Waals surface area contributed by atoms with Crippen LogP contribution >= 0.6 is 22.9 Å². The van der Waals surface area contributed by atoms with Gasteiger partial charge in [0.2, 0.25) is 0 Å². The Morgan fingerprint density at radius 3 is 2.76 bits per heavy atom. The van der Waals surface area contributed by atoms with Gasteiger partial charge in [0, 0.05) is 25.7 Å². The average Bonchev–Trinajstić information content (AvgIpc) is 3.40. The molecule has 0 aliphatic carbocycles. The standard InChI is InChI=1S/C22H24ClFN4O5S/c1-13-9-17(15(24)10-16(13)27-6-2-5-26(7-8-29)21(27)31)28-12-14(33-22(28)32)11-25-20(30)18-3-4-19(23)34-18/h3-4,9-10,14,29H,2,5-8,11-12H2,1H3,(H,25,30)/t14-/m0/s1. The van der Waals surface area contributed by atoms with Gasteiger partial charge in [0.05, 0.1) is 40.3 Å². The summed E-state index contributed by atoms with van der Waals surface area (Å²) in [6.45, 7) is 2.90. The molecule has 0 unspecified atom stereocenters. The summed E-state index contributed by atoms with van der Waals surface area (Å²) in [4.78, 5) is 42.0. The van der Waals surface area contributed by atoms with Crippen molar-refractivity contribution in [1.29, 1.82) is 0 Å². The van der Waals surface area contributed by atoms with Gasteiger partial charge in [0.1, 0.15) is 11.9 Å². The SMILES string of the molecule is Cc1cc(N2C[C@H](CNC(=O)c3ccc(Cl)s3)OC2=O)c(F)cc1N1CCCN(CCO)C1=O. The Balaban J connectivity index is 1.45. The third-order valence-corrected chi connectivity index (χ3v) is 6.92. The van der Waals surface area contributed by atoms with Gasteiger partial charge in [-0.05, 0) is 37.1 Å². The van der Waals surface area contributed by atoms with Gasteiger partial charge in [0.15, 0.2) is 0 Å². The second kappa shape index (κ2) is 10.2. The van der Waals surface area contributed by atoms with Crippen LogP contribution < -0.4 is 15.1 Å². The number of nitrogens with one attached hydrogen (secondary N) is 1. The summed E-state index contributed by atoms with van der Waals surface area (Å²) in [6.07, 6.45) is -0.674. The predicted molar refractivity (Wildman–Crippen MR) is 126 cm³/mol. The van der Waals surface area contributed by atoms with Crippen molar-refractivity contribution in [2.24, 2.45) is 0 Å². The molecule has 1 aromatic carbocycles. The molecular formula is C22H24ClFN4O5S. The lowest BCUT2D eigenvalue weighted by Gasteiger charge is -2.36. The average molecular weight is 511 g/mol. The maximum Gasteiger partial charge on any atom is 0.414 e. The topological polar surface area (TPSA) is 102 Å². The highest BCUT2D eigenvalue weighted by Gasteiger charge is 2.35. The van der Waals surface area contributed by atoms with Crippen molar-refractivity contribution in [3.05, 3.63) is 44.9 Å². The molecule has 1 aromatic heterocycles. The van der Waals surface area contributed by atoms with Gasteiger partial charge in [-0.2, -0.15) is 0 Å². The fourth-order valence-electron chi connectivity index (χ4n) is 4.04. The molecule has 182 valence electrons. The minimum atomic E-state index is -0.715. The lowest BCUT2D eigenvalue weighted by atomic mass is 10.1. The van der Waals surface area contributed by atoms with Crippen LogP contribution in [0.2, 0.25) is 4.34 Å². The molecule has 1 atom stereocenters. The summed E-state index contributed by atoms with van der Waals surface area (Å²) >= 11 is 6.99. The van der Waals surface area contributed by atoms with E-state index in [0.717, 1.165) is 11.3 Å². The molecule has 0 bridgehead atoms. The third kappa shape index (κ3) is 4.96. The summed E-state index contributed by atoms with van der Waals surface area (Å²) in [5.41, 5.74) is 1.08. The normalized spacial score (nSPS) is 18.5. The molecule has 0 saturated carbocycles. The summed E-state index contributed by atoms with van der Waals surface area (Å²) in [6, 6.07) is 5.69. The summed E-state index contributed by atoms with van der Waals surface area (Å²) in [7, 11) is 0. The molecule has 0 radical (unpaired) electrons. The van der Waals surface area contributed by atoms with E-state index >= 15 is 4.39 Å². The van der Waals surface area contributed by atoms with Crippen LogP contribution in [0.15, 0.2) is 24.3 Å². The number of aliphatic hydroxyl groups excluding tert-OH is 1. The number of urea groups is 1. The van der Waals surface area contributed by atoms with Gasteiger partial charge in [-0.15, -0.1) is 11.3 Å². The highest BCUT2D eigenvalue weighted by molar-refractivity contribution is 7.18. The number of halogens is 2. The monoisotopic (exact) mass is 510 g/mol. The molecule has 2 aromatic rings. The number of nitrogens with zero attached hydrogens (tertiary/aromatic N) is 3. The zero-order valence-corrected chi connectivity index (χ0v) is 20.0. The minimum absolute atomic E-state index is 0.0433. The van der Waals surface area contributed by atoms with E-state index in [2.05, 4.69) is 5.32 Å². The third-order valence-electron chi connectivity index (χ3n) is 5.69. The molecule has 12 heteroatoms. The highest BCUT2D eigenvalue weighted by Crippen LogP contribution is 2.33. The van der Waals surface area contributed by atoms with E-state index in [-0.39, 0.29) is 43.9 Å². The van der Waals surface area contributed by atoms with E-state index < -0.39 is 18.0 Å². The van der Waals surface area contributed by atoms with E-state index in [1.165, 1.54) is 26.8 Å². The van der Waals surface area contributed by atoms with Crippen LogP contribution in [0.4, 0.5) is 25.4 Å². The van der Waals surface area contributed by atoms with E-state index in [4.69, 9.17) is 16.3 Å². The number of hydrogen-bond acceptors (Lipinski definition) is 6. The van der Waals surface area contributed by atoms with Gasteiger partial charge in [-0.25, -0.2) is 14.0 Å². The van der Waals surface area contributed by atoms with Crippen molar-refractivity contribution in [2.45, 2.75) is 19.4 Å². The molecule has 34 heavy (non-hydrogen) atoms. The lowest BCUT2D eigenvalue weighted by molar-refractivity contribution is 0.0920. The number of thiophene rings is 1. The van der Waals surface area contributed by atoms with Crippen LogP contribution in [0.25, 0.3) is 0 Å². The molecule has 4 amide bonds. The van der Waals surface area contributed by atoms with Gasteiger partial charge in [0.25, 0.3) is 5.91 Å². The molecule has 2 aliphatic rings. The first kappa shape index (κ1) is 24.2. The fraction of sp³-hybridized carbons (Fsp3) is 0.409. The Hall–Kier alpha value is -2.89. The van der Waals surface area contributed by atoms with Crippen molar-refractivity contribution >= 4 is 52.3 Å². The number of hydrogen-bond donors (Lipinski definition) is 2. The number of β-amino-alcohol motifs (C(OH)–C–C–N with tert-alkyl or cyclic N) is 1. The molecule has 3 heterocycles. The number of cyclic esters (lactones) is 1. The Kier molecular flexibility index (Phi) is 7.24. The van der Waals surface area contributed by atoms with Crippen molar-refractivity contribution in [3.63, 3.8) is 0 Å². The van der Waals surface area contributed by atoms with Gasteiger partial charge < -0.3 is 20.1 Å². The predicted octanol–water partition coefficient (Wildman–Crippen LogP) is 3.23. The highest BCUT2D eigenvalue weighted by atomic mass is 35.5. The first-order valence-electron chi connectivity index (χ1n) is 10.8.